The second-order valence-electron chi connectivity index (χ2n) is 3.90. The number of amides is 1. The molecular weight excluding hydrogens is 312 g/mol. The molecule has 1 N–H and O–H groups in total. The predicted octanol–water partition coefficient (Wildman–Crippen LogP) is 3.28. The fourth-order valence-electron chi connectivity index (χ4n) is 1.53. The molecule has 0 saturated carbocycles. The van der Waals surface area contributed by atoms with E-state index in [1.165, 1.54) is 16.9 Å². The van der Waals surface area contributed by atoms with E-state index in [1.807, 2.05) is 31.2 Å². The summed E-state index contributed by atoms with van der Waals surface area (Å²) in [7, 11) is 0. The number of thiazole rings is 1. The van der Waals surface area contributed by atoms with Gasteiger partial charge in [-0.05, 0) is 18.1 Å². The highest BCUT2D eigenvalue weighted by Crippen LogP contribution is 2.12. The summed E-state index contributed by atoms with van der Waals surface area (Å²) in [5, 5.41) is 3.75. The molecule has 3 nitrogen and oxygen atoms in total. The fraction of sp³-hybridized carbons (Fsp3) is 0.231. The summed E-state index contributed by atoms with van der Waals surface area (Å²) in [5.41, 5.74) is 4.79. The number of benzene rings is 1. The Bertz CT molecular complexity index is 536. The van der Waals surface area contributed by atoms with E-state index in [9.17, 15) is 4.79 Å². The lowest BCUT2D eigenvalue weighted by atomic mass is 10.1. The van der Waals surface area contributed by atoms with Crippen LogP contribution in [0.2, 0.25) is 0 Å². The topological polar surface area (TPSA) is 42.0 Å². The summed E-state index contributed by atoms with van der Waals surface area (Å²) in [6.45, 7) is 2.38. The first-order valence-electron chi connectivity index (χ1n) is 5.53. The number of aromatic nitrogens is 1. The largest absolute Gasteiger partial charge is 0.347 e. The summed E-state index contributed by atoms with van der Waals surface area (Å²) in [6, 6.07) is 8.15. The van der Waals surface area contributed by atoms with E-state index >= 15 is 0 Å². The second kappa shape index (κ2) is 6.11. The normalized spacial score (nSPS) is 10.3. The average Bonchev–Trinajstić information content (AvgIpc) is 2.83. The van der Waals surface area contributed by atoms with Gasteiger partial charge in [0.25, 0.3) is 5.91 Å². The van der Waals surface area contributed by atoms with E-state index < -0.39 is 0 Å². The van der Waals surface area contributed by atoms with Crippen molar-refractivity contribution in [3.05, 3.63) is 51.5 Å². The minimum Gasteiger partial charge on any atom is -0.347 e. The van der Waals surface area contributed by atoms with Crippen LogP contribution in [-0.2, 0) is 11.9 Å². The van der Waals surface area contributed by atoms with Crippen molar-refractivity contribution in [3.63, 3.8) is 0 Å². The van der Waals surface area contributed by atoms with Crippen LogP contribution in [0.1, 0.15) is 26.5 Å². The zero-order valence-electron chi connectivity index (χ0n) is 9.94. The third kappa shape index (κ3) is 3.17. The van der Waals surface area contributed by atoms with E-state index in [4.69, 9.17) is 0 Å². The number of nitrogens with one attached hydrogen (secondary N) is 1. The Balaban J connectivity index is 1.95. The van der Waals surface area contributed by atoms with Gasteiger partial charge in [-0.3, -0.25) is 4.79 Å². The van der Waals surface area contributed by atoms with Crippen molar-refractivity contribution >= 4 is 33.2 Å². The van der Waals surface area contributed by atoms with Gasteiger partial charge in [-0.2, -0.15) is 0 Å². The molecule has 0 atom stereocenters. The average molecular weight is 325 g/mol. The molecule has 1 heterocycles. The van der Waals surface area contributed by atoms with Gasteiger partial charge in [-0.25, -0.2) is 4.98 Å². The highest BCUT2D eigenvalue weighted by Gasteiger charge is 2.10. The van der Waals surface area contributed by atoms with Gasteiger partial charge in [-0.15, -0.1) is 11.3 Å². The maximum absolute atomic E-state index is 11.9. The number of rotatable bonds is 4. The van der Waals surface area contributed by atoms with Crippen LogP contribution in [0.3, 0.4) is 0 Å². The van der Waals surface area contributed by atoms with Crippen LogP contribution in [-0.4, -0.2) is 10.9 Å². The highest BCUT2D eigenvalue weighted by molar-refractivity contribution is 9.08. The van der Waals surface area contributed by atoms with Crippen LogP contribution in [0.25, 0.3) is 0 Å². The number of aryl methyl sites for hydroxylation is 1. The third-order valence-corrected chi connectivity index (χ3v) is 4.16. The van der Waals surface area contributed by atoms with Gasteiger partial charge in [0.05, 0.1) is 11.2 Å². The maximum Gasteiger partial charge on any atom is 0.263 e. The van der Waals surface area contributed by atoms with Gasteiger partial charge < -0.3 is 5.32 Å². The summed E-state index contributed by atoms with van der Waals surface area (Å²) in [5.74, 6) is -0.0560. The van der Waals surface area contributed by atoms with Gasteiger partial charge in [0.15, 0.2) is 0 Å². The Morgan fingerprint density at radius 2 is 2.00 bits per heavy atom. The number of alkyl halides is 1. The van der Waals surface area contributed by atoms with Crippen LogP contribution in [0.5, 0.6) is 0 Å². The van der Waals surface area contributed by atoms with Crippen LogP contribution in [0, 0.1) is 6.92 Å². The number of carbonyl (C=O) groups is 1. The SMILES string of the molecule is Cc1ncsc1C(=O)NCc1ccc(CBr)cc1. The lowest BCUT2D eigenvalue weighted by molar-refractivity contribution is 0.0954. The standard InChI is InChI=1S/C13H13BrN2OS/c1-9-12(18-8-16-9)13(17)15-7-11-4-2-10(6-14)3-5-11/h2-5,8H,6-7H2,1H3,(H,15,17). The fourth-order valence-corrected chi connectivity index (χ4v) is 2.62. The second-order valence-corrected chi connectivity index (χ2v) is 5.32. The number of hydrogen-bond acceptors (Lipinski definition) is 3. The van der Waals surface area contributed by atoms with Crippen molar-refractivity contribution in [1.82, 2.24) is 10.3 Å². The molecule has 1 aromatic heterocycles. The van der Waals surface area contributed by atoms with Crippen molar-refractivity contribution in [2.45, 2.75) is 18.8 Å². The minimum atomic E-state index is -0.0560. The molecule has 0 radical (unpaired) electrons. The summed E-state index contributed by atoms with van der Waals surface area (Å²) >= 11 is 4.77. The Morgan fingerprint density at radius 1 is 1.33 bits per heavy atom. The molecule has 0 unspecified atom stereocenters. The quantitative estimate of drug-likeness (QED) is 0.877. The van der Waals surface area contributed by atoms with Gasteiger partial charge in [0, 0.05) is 11.9 Å². The molecule has 0 saturated heterocycles. The van der Waals surface area contributed by atoms with Crippen molar-refractivity contribution in [2.24, 2.45) is 0 Å². The molecule has 2 aromatic rings. The summed E-state index contributed by atoms with van der Waals surface area (Å²) < 4.78 is 0. The lowest BCUT2D eigenvalue weighted by Crippen LogP contribution is -2.22. The highest BCUT2D eigenvalue weighted by atomic mass is 79.9. The number of carbonyl (C=O) groups excluding carboxylic acids is 1. The lowest BCUT2D eigenvalue weighted by Gasteiger charge is -2.05. The molecule has 94 valence electrons. The number of hydrogen-bond donors (Lipinski definition) is 1. The first kappa shape index (κ1) is 13.2. The molecule has 0 aliphatic carbocycles. The monoisotopic (exact) mass is 324 g/mol. The molecule has 18 heavy (non-hydrogen) atoms. The van der Waals surface area contributed by atoms with E-state index in [2.05, 4.69) is 26.2 Å². The van der Waals surface area contributed by atoms with Crippen molar-refractivity contribution < 1.29 is 4.79 Å². The first-order chi connectivity index (χ1) is 8.70. The van der Waals surface area contributed by atoms with Crippen molar-refractivity contribution in [3.8, 4) is 0 Å². The summed E-state index contributed by atoms with van der Waals surface area (Å²) in [4.78, 5) is 16.6. The third-order valence-electron chi connectivity index (χ3n) is 2.58. The Kier molecular flexibility index (Phi) is 4.49. The molecule has 2 rings (SSSR count). The minimum absolute atomic E-state index is 0.0560. The number of nitrogens with zero attached hydrogens (tertiary/aromatic N) is 1. The van der Waals surface area contributed by atoms with E-state index in [0.717, 1.165) is 16.6 Å². The van der Waals surface area contributed by atoms with E-state index in [0.29, 0.717) is 11.4 Å². The van der Waals surface area contributed by atoms with Crippen molar-refractivity contribution in [2.75, 3.05) is 0 Å². The molecule has 0 bridgehead atoms. The smallest absolute Gasteiger partial charge is 0.263 e. The van der Waals surface area contributed by atoms with Crippen LogP contribution < -0.4 is 5.32 Å². The Labute approximate surface area is 118 Å². The number of halogens is 1. The van der Waals surface area contributed by atoms with Gasteiger partial charge in [0.1, 0.15) is 4.88 Å². The molecule has 5 heteroatoms. The summed E-state index contributed by atoms with van der Waals surface area (Å²) in [6.07, 6.45) is 0. The molecule has 0 fully saturated rings. The molecule has 0 spiro atoms. The maximum atomic E-state index is 11.9. The van der Waals surface area contributed by atoms with Crippen LogP contribution in [0.4, 0.5) is 0 Å². The van der Waals surface area contributed by atoms with E-state index in [-0.39, 0.29) is 5.91 Å². The Morgan fingerprint density at radius 3 is 2.56 bits per heavy atom. The zero-order chi connectivity index (χ0) is 13.0. The van der Waals surface area contributed by atoms with Gasteiger partial charge in [-0.1, -0.05) is 40.2 Å². The zero-order valence-corrected chi connectivity index (χ0v) is 12.3. The molecule has 1 amide bonds. The van der Waals surface area contributed by atoms with E-state index in [1.54, 1.807) is 5.51 Å². The molecular formula is C13H13BrN2OS. The van der Waals surface area contributed by atoms with Crippen LogP contribution in [0.15, 0.2) is 29.8 Å². The predicted molar refractivity (Wildman–Crippen MR) is 77.1 cm³/mol. The Hall–Kier alpha value is -1.20. The molecule has 0 aliphatic heterocycles. The van der Waals surface area contributed by atoms with Gasteiger partial charge >= 0.3 is 0 Å². The first-order valence-corrected chi connectivity index (χ1v) is 7.53. The van der Waals surface area contributed by atoms with Crippen molar-refractivity contribution in [1.29, 1.82) is 0 Å². The molecule has 1 aromatic carbocycles. The molecule has 0 aliphatic rings. The van der Waals surface area contributed by atoms with Gasteiger partial charge in [0.2, 0.25) is 0 Å². The van der Waals surface area contributed by atoms with Crippen LogP contribution >= 0.6 is 27.3 Å².